The Morgan fingerprint density at radius 2 is 0.986 bits per heavy atom. The largest absolute Gasteiger partial charge is 0.756 e. The standard InChI is InChI=1S/C59H103N2O7P/c1-7-10-13-16-19-22-25-27-29-30-32-33-36-39-42-45-48-51-58(62)60-56(55-67-69(64,65)66-54-53-61(4,5)6)57(50-47-44-41-38-35-24-21-18-15-12-9-3)68-59(63)52-49-46-43-40-37-34-31-28-26-23-20-17-14-11-8-2/h10,13,19-20,22-23,26-29,32-33,39,42,47,50,56-57H,7-9,11-12,14-18,21,24-25,30-31,34-38,40-41,43-46,48-49,51-55H2,1-6H3,(H-,60,62,64,65)/b13-10-,22-19-,23-20+,28-26+,29-27-,33-32-,42-39-,50-47+. The van der Waals surface area contributed by atoms with Gasteiger partial charge in [-0.15, -0.1) is 0 Å². The van der Waals surface area contributed by atoms with Gasteiger partial charge in [-0.3, -0.25) is 14.2 Å². The minimum Gasteiger partial charge on any atom is -0.756 e. The molecule has 0 radical (unpaired) electrons. The number of hydrogen-bond acceptors (Lipinski definition) is 7. The molecule has 0 rings (SSSR count). The highest BCUT2D eigenvalue weighted by atomic mass is 31.2. The fourth-order valence-electron chi connectivity index (χ4n) is 7.25. The number of phosphoric acid groups is 1. The molecule has 0 heterocycles. The molecule has 69 heavy (non-hydrogen) atoms. The van der Waals surface area contributed by atoms with Crippen molar-refractivity contribution in [3.05, 3.63) is 97.2 Å². The van der Waals surface area contributed by atoms with E-state index in [2.05, 4.69) is 111 Å². The molecule has 10 heteroatoms. The first kappa shape index (κ1) is 65.9. The number of ether oxygens (including phenoxy) is 1. The van der Waals surface area contributed by atoms with Crippen LogP contribution in [0.5, 0.6) is 0 Å². The number of carbonyl (C=O) groups is 2. The number of nitrogens with one attached hydrogen (secondary N) is 1. The van der Waals surface area contributed by atoms with E-state index in [1.54, 1.807) is 6.08 Å². The maximum atomic E-state index is 13.4. The van der Waals surface area contributed by atoms with Crippen molar-refractivity contribution in [3.8, 4) is 0 Å². The van der Waals surface area contributed by atoms with Crippen LogP contribution in [0.1, 0.15) is 213 Å². The molecule has 0 bridgehead atoms. The zero-order chi connectivity index (χ0) is 50.8. The van der Waals surface area contributed by atoms with Crippen LogP contribution >= 0.6 is 7.82 Å². The van der Waals surface area contributed by atoms with Gasteiger partial charge in [0.2, 0.25) is 5.91 Å². The van der Waals surface area contributed by atoms with Crippen LogP contribution in [0.2, 0.25) is 0 Å². The summed E-state index contributed by atoms with van der Waals surface area (Å²) in [6, 6.07) is -0.926. The van der Waals surface area contributed by atoms with Crippen LogP contribution in [0.25, 0.3) is 0 Å². The molecule has 0 aromatic heterocycles. The summed E-state index contributed by atoms with van der Waals surface area (Å²) in [6.07, 6.45) is 63.8. The molecule has 3 atom stereocenters. The van der Waals surface area contributed by atoms with Gasteiger partial charge < -0.3 is 28.5 Å². The van der Waals surface area contributed by atoms with Gasteiger partial charge in [0.05, 0.1) is 33.8 Å². The van der Waals surface area contributed by atoms with Gasteiger partial charge in [0, 0.05) is 12.8 Å². The van der Waals surface area contributed by atoms with Crippen LogP contribution in [0.15, 0.2) is 97.2 Å². The molecule has 1 amide bonds. The highest BCUT2D eigenvalue weighted by Gasteiger charge is 2.27. The van der Waals surface area contributed by atoms with Crippen LogP contribution in [-0.4, -0.2) is 69.4 Å². The molecule has 0 aromatic rings. The highest BCUT2D eigenvalue weighted by molar-refractivity contribution is 7.45. The van der Waals surface area contributed by atoms with Gasteiger partial charge in [0.1, 0.15) is 19.3 Å². The summed E-state index contributed by atoms with van der Waals surface area (Å²) in [5, 5.41) is 2.97. The molecule has 0 spiro atoms. The smallest absolute Gasteiger partial charge is 0.306 e. The predicted molar refractivity (Wildman–Crippen MR) is 293 cm³/mol. The Balaban J connectivity index is 5.48. The maximum absolute atomic E-state index is 13.4. The Morgan fingerprint density at radius 3 is 1.52 bits per heavy atom. The van der Waals surface area contributed by atoms with Gasteiger partial charge in [0.25, 0.3) is 7.82 Å². The van der Waals surface area contributed by atoms with Gasteiger partial charge in [-0.25, -0.2) is 0 Å². The number of hydrogen-bond donors (Lipinski definition) is 1. The first-order chi connectivity index (χ1) is 33.4. The van der Waals surface area contributed by atoms with Crippen molar-refractivity contribution in [1.29, 1.82) is 0 Å². The normalized spacial score (nSPS) is 14.6. The lowest BCUT2D eigenvalue weighted by Gasteiger charge is -2.30. The first-order valence-electron chi connectivity index (χ1n) is 27.6. The SMILES string of the molecule is CC/C=C\C/C=C\C/C=C\C/C=C\C/C=C\CCCC(=O)NC(COP(=O)([O-])OCC[N+](C)(C)C)C(/C=C/CCCCCCCCCCC)OC(=O)CCCCCCCC/C=C/C=C/CCCCC. The van der Waals surface area contributed by atoms with E-state index in [1.807, 2.05) is 27.2 Å². The number of allylic oxidation sites excluding steroid dienone is 15. The van der Waals surface area contributed by atoms with E-state index in [-0.39, 0.29) is 31.3 Å². The monoisotopic (exact) mass is 983 g/mol. The average molecular weight is 983 g/mol. The third-order valence-corrected chi connectivity index (χ3v) is 12.5. The van der Waals surface area contributed by atoms with Crippen molar-refractivity contribution in [2.24, 2.45) is 0 Å². The van der Waals surface area contributed by atoms with Crippen molar-refractivity contribution < 1.29 is 37.3 Å². The molecule has 0 aliphatic rings. The fraction of sp³-hybridized carbons (Fsp3) is 0.695. The summed E-state index contributed by atoms with van der Waals surface area (Å²) in [5.74, 6) is -0.631. The van der Waals surface area contributed by atoms with E-state index in [4.69, 9.17) is 13.8 Å². The van der Waals surface area contributed by atoms with Gasteiger partial charge >= 0.3 is 5.97 Å². The molecule has 0 saturated heterocycles. The molecule has 0 fully saturated rings. The molecule has 0 aromatic carbocycles. The molecule has 0 aliphatic heterocycles. The summed E-state index contributed by atoms with van der Waals surface area (Å²) < 4.78 is 30.1. The quantitative estimate of drug-likeness (QED) is 0.0161. The molecule has 3 unspecified atom stereocenters. The lowest BCUT2D eigenvalue weighted by atomic mass is 10.1. The molecular formula is C59H103N2O7P. The Kier molecular flexibility index (Phi) is 46.4. The fourth-order valence-corrected chi connectivity index (χ4v) is 7.97. The number of amides is 1. The van der Waals surface area contributed by atoms with Crippen LogP contribution in [0, 0.1) is 0 Å². The van der Waals surface area contributed by atoms with Crippen molar-refractivity contribution >= 4 is 19.7 Å². The van der Waals surface area contributed by atoms with Gasteiger partial charge in [-0.2, -0.15) is 0 Å². The molecule has 0 saturated carbocycles. The van der Waals surface area contributed by atoms with Crippen LogP contribution in [0.3, 0.4) is 0 Å². The van der Waals surface area contributed by atoms with E-state index in [0.29, 0.717) is 23.9 Å². The third-order valence-electron chi connectivity index (χ3n) is 11.5. The Hall–Kier alpha value is -3.07. The number of carbonyl (C=O) groups excluding carboxylic acids is 2. The minimum absolute atomic E-state index is 0.0396. The van der Waals surface area contributed by atoms with Crippen LogP contribution in [0.4, 0.5) is 0 Å². The van der Waals surface area contributed by atoms with Crippen LogP contribution in [-0.2, 0) is 27.9 Å². The minimum atomic E-state index is -4.71. The van der Waals surface area contributed by atoms with Crippen molar-refractivity contribution in [2.75, 3.05) is 40.9 Å². The Labute approximate surface area is 424 Å². The maximum Gasteiger partial charge on any atom is 0.306 e. The van der Waals surface area contributed by atoms with E-state index >= 15 is 0 Å². The summed E-state index contributed by atoms with van der Waals surface area (Å²) in [6.45, 7) is 6.61. The van der Waals surface area contributed by atoms with Crippen molar-refractivity contribution in [1.82, 2.24) is 5.32 Å². The summed E-state index contributed by atoms with van der Waals surface area (Å²) in [4.78, 5) is 39.7. The van der Waals surface area contributed by atoms with E-state index < -0.39 is 26.6 Å². The number of nitrogens with zero attached hydrogens (tertiary/aromatic N) is 1. The number of unbranched alkanes of at least 4 members (excludes halogenated alkanes) is 19. The lowest BCUT2D eigenvalue weighted by molar-refractivity contribution is -0.870. The van der Waals surface area contributed by atoms with Gasteiger partial charge in [0.15, 0.2) is 0 Å². The molecular weight excluding hydrogens is 880 g/mol. The Bertz CT molecular complexity index is 1510. The molecule has 1 N–H and O–H groups in total. The summed E-state index contributed by atoms with van der Waals surface area (Å²) in [7, 11) is 1.13. The number of rotatable bonds is 48. The topological polar surface area (TPSA) is 114 Å². The Morgan fingerprint density at radius 1 is 0.536 bits per heavy atom. The van der Waals surface area contributed by atoms with Crippen LogP contribution < -0.4 is 10.2 Å². The second-order valence-electron chi connectivity index (χ2n) is 19.4. The number of quaternary nitrogens is 1. The van der Waals surface area contributed by atoms with E-state index in [0.717, 1.165) is 103 Å². The molecule has 0 aliphatic carbocycles. The van der Waals surface area contributed by atoms with Gasteiger partial charge in [-0.05, 0) is 96.0 Å². The second-order valence-corrected chi connectivity index (χ2v) is 20.8. The second kappa shape index (κ2) is 48.6. The zero-order valence-electron chi connectivity index (χ0n) is 45.0. The van der Waals surface area contributed by atoms with E-state index in [9.17, 15) is 19.0 Å². The lowest BCUT2D eigenvalue weighted by Crippen LogP contribution is -2.47. The van der Waals surface area contributed by atoms with Crippen molar-refractivity contribution in [2.45, 2.75) is 226 Å². The average Bonchev–Trinajstić information content (AvgIpc) is 3.31. The number of phosphoric ester groups is 1. The first-order valence-corrected chi connectivity index (χ1v) is 29.0. The molecule has 396 valence electrons. The van der Waals surface area contributed by atoms with Crippen molar-refractivity contribution in [3.63, 3.8) is 0 Å². The molecule has 9 nitrogen and oxygen atoms in total. The van der Waals surface area contributed by atoms with Gasteiger partial charge in [-0.1, -0.05) is 202 Å². The zero-order valence-corrected chi connectivity index (χ0v) is 45.9. The predicted octanol–water partition coefficient (Wildman–Crippen LogP) is 15.8. The van der Waals surface area contributed by atoms with E-state index in [1.165, 1.54) is 64.2 Å². The number of likely N-dealkylation sites (N-methyl/N-ethyl adjacent to an activating group) is 1. The summed E-state index contributed by atoms with van der Waals surface area (Å²) in [5.41, 5.74) is 0. The summed E-state index contributed by atoms with van der Waals surface area (Å²) >= 11 is 0. The highest BCUT2D eigenvalue weighted by Crippen LogP contribution is 2.38. The number of esters is 1. The third kappa shape index (κ3) is 49.7.